The molecule has 3 rings (SSSR count). The van der Waals surface area contributed by atoms with E-state index in [1.165, 1.54) is 0 Å². The predicted molar refractivity (Wildman–Crippen MR) is 95.6 cm³/mol. The van der Waals surface area contributed by atoms with Crippen molar-refractivity contribution in [2.75, 3.05) is 13.2 Å². The lowest BCUT2D eigenvalue weighted by molar-refractivity contribution is 0.114. The number of halogens is 1. The molecule has 1 aliphatic rings. The number of ether oxygens (including phenoxy) is 1. The Morgan fingerprint density at radius 3 is 2.74 bits per heavy atom. The maximum absolute atomic E-state index is 5.89. The molecule has 0 spiro atoms. The number of hydrogen-bond acceptors (Lipinski definition) is 3. The molecule has 2 N–H and O–H groups in total. The van der Waals surface area contributed by atoms with Crippen LogP contribution in [0.4, 0.5) is 0 Å². The smallest absolute Gasteiger partial charge is 0.166 e. The van der Waals surface area contributed by atoms with Crippen molar-refractivity contribution in [3.8, 4) is 11.3 Å². The van der Waals surface area contributed by atoms with Crippen LogP contribution in [0.15, 0.2) is 40.8 Å². The van der Waals surface area contributed by atoms with Gasteiger partial charge in [-0.25, -0.2) is 0 Å². The molecule has 4 nitrogen and oxygen atoms in total. The average Bonchev–Trinajstić information content (AvgIpc) is 3.23. The van der Waals surface area contributed by atoms with Crippen LogP contribution in [0.2, 0.25) is 5.02 Å². The summed E-state index contributed by atoms with van der Waals surface area (Å²) in [5.41, 5.74) is 1.000. The lowest BCUT2D eigenvalue weighted by Gasteiger charge is -2.13. The van der Waals surface area contributed by atoms with E-state index < -0.39 is 0 Å². The second-order valence-electron chi connectivity index (χ2n) is 5.47. The van der Waals surface area contributed by atoms with Crippen molar-refractivity contribution in [2.45, 2.75) is 25.5 Å². The van der Waals surface area contributed by atoms with E-state index in [9.17, 15) is 0 Å². The number of thiocarbonyl (C=S) groups is 1. The summed E-state index contributed by atoms with van der Waals surface area (Å²) in [4.78, 5) is 0. The SMILES string of the molecule is S=C(NCc1ccc(-c2ccc(Cl)cc2)o1)NC[C@@H]1CCCO1. The largest absolute Gasteiger partial charge is 0.459 e. The fourth-order valence-corrected chi connectivity index (χ4v) is 2.77. The van der Waals surface area contributed by atoms with Crippen molar-refractivity contribution >= 4 is 28.9 Å². The molecule has 0 saturated carbocycles. The number of hydrogen-bond donors (Lipinski definition) is 2. The van der Waals surface area contributed by atoms with Crippen molar-refractivity contribution < 1.29 is 9.15 Å². The maximum atomic E-state index is 5.89. The Kier molecular flexibility index (Phi) is 5.54. The number of furan rings is 1. The summed E-state index contributed by atoms with van der Waals surface area (Å²) < 4.78 is 11.4. The van der Waals surface area contributed by atoms with Crippen LogP contribution in [-0.4, -0.2) is 24.4 Å². The second kappa shape index (κ2) is 7.81. The van der Waals surface area contributed by atoms with Gasteiger partial charge in [-0.3, -0.25) is 0 Å². The first kappa shape index (κ1) is 16.3. The van der Waals surface area contributed by atoms with Crippen LogP contribution in [0, 0.1) is 0 Å². The molecule has 1 atom stereocenters. The van der Waals surface area contributed by atoms with E-state index in [1.54, 1.807) is 0 Å². The van der Waals surface area contributed by atoms with Crippen LogP contribution >= 0.6 is 23.8 Å². The first-order valence-electron chi connectivity index (χ1n) is 7.68. The molecule has 0 amide bonds. The summed E-state index contributed by atoms with van der Waals surface area (Å²) in [6.07, 6.45) is 2.50. The van der Waals surface area contributed by atoms with E-state index in [4.69, 9.17) is 33.0 Å². The third-order valence-electron chi connectivity index (χ3n) is 3.73. The zero-order valence-corrected chi connectivity index (χ0v) is 14.3. The van der Waals surface area contributed by atoms with Gasteiger partial charge in [0.25, 0.3) is 0 Å². The quantitative estimate of drug-likeness (QED) is 0.804. The molecule has 1 fully saturated rings. The van der Waals surface area contributed by atoms with Crippen molar-refractivity contribution in [1.82, 2.24) is 10.6 Å². The first-order chi connectivity index (χ1) is 11.2. The van der Waals surface area contributed by atoms with Crippen molar-refractivity contribution in [3.63, 3.8) is 0 Å². The monoisotopic (exact) mass is 350 g/mol. The molecule has 0 unspecified atom stereocenters. The van der Waals surface area contributed by atoms with E-state index in [0.29, 0.717) is 16.7 Å². The van der Waals surface area contributed by atoms with Gasteiger partial charge < -0.3 is 19.8 Å². The molecule has 6 heteroatoms. The van der Waals surface area contributed by atoms with Crippen LogP contribution in [0.3, 0.4) is 0 Å². The highest BCUT2D eigenvalue weighted by Gasteiger charge is 2.15. The van der Waals surface area contributed by atoms with Crippen molar-refractivity contribution in [1.29, 1.82) is 0 Å². The average molecular weight is 351 g/mol. The molecular weight excluding hydrogens is 332 g/mol. The van der Waals surface area contributed by atoms with Gasteiger partial charge >= 0.3 is 0 Å². The van der Waals surface area contributed by atoms with Crippen LogP contribution in [0.1, 0.15) is 18.6 Å². The third-order valence-corrected chi connectivity index (χ3v) is 4.27. The molecule has 2 aromatic rings. The molecule has 23 heavy (non-hydrogen) atoms. The summed E-state index contributed by atoms with van der Waals surface area (Å²) in [6.45, 7) is 2.15. The van der Waals surface area contributed by atoms with Crippen LogP contribution in [0.5, 0.6) is 0 Å². The van der Waals surface area contributed by atoms with E-state index in [-0.39, 0.29) is 6.10 Å². The van der Waals surface area contributed by atoms with Crippen LogP contribution < -0.4 is 10.6 Å². The number of benzene rings is 1. The van der Waals surface area contributed by atoms with E-state index in [1.807, 2.05) is 36.4 Å². The summed E-state index contributed by atoms with van der Waals surface area (Å²) in [5.74, 6) is 1.65. The van der Waals surface area contributed by atoms with Gasteiger partial charge in [-0.15, -0.1) is 0 Å². The standard InChI is InChI=1S/C17H19ClN2O2S/c18-13-5-3-12(4-6-13)16-8-7-15(22-16)11-20-17(23)19-10-14-2-1-9-21-14/h3-8,14H,1-2,9-11H2,(H2,19,20,23)/t14-/m0/s1. The molecule has 122 valence electrons. The van der Waals surface area contributed by atoms with Gasteiger partial charge in [0, 0.05) is 23.7 Å². The Hall–Kier alpha value is -1.56. The Morgan fingerprint density at radius 2 is 2.00 bits per heavy atom. The predicted octanol–water partition coefficient (Wildman–Crippen LogP) is 3.74. The molecule has 2 heterocycles. The lowest BCUT2D eigenvalue weighted by atomic mass is 10.2. The highest BCUT2D eigenvalue weighted by atomic mass is 35.5. The molecule has 0 radical (unpaired) electrons. The first-order valence-corrected chi connectivity index (χ1v) is 8.47. The van der Waals surface area contributed by atoms with Crippen LogP contribution in [0.25, 0.3) is 11.3 Å². The summed E-state index contributed by atoms with van der Waals surface area (Å²) in [5, 5.41) is 7.65. The molecule has 0 bridgehead atoms. The number of rotatable bonds is 5. The molecule has 1 aromatic heterocycles. The lowest BCUT2D eigenvalue weighted by Crippen LogP contribution is -2.38. The molecule has 1 saturated heterocycles. The Labute approximate surface area is 146 Å². The molecular formula is C17H19ClN2O2S. The summed E-state index contributed by atoms with van der Waals surface area (Å²) in [7, 11) is 0. The van der Waals surface area contributed by atoms with E-state index in [0.717, 1.165) is 43.1 Å². The normalized spacial score (nSPS) is 17.2. The van der Waals surface area contributed by atoms with E-state index in [2.05, 4.69) is 10.6 Å². The van der Waals surface area contributed by atoms with Gasteiger partial charge in [0.1, 0.15) is 11.5 Å². The van der Waals surface area contributed by atoms with Gasteiger partial charge in [-0.05, 0) is 61.5 Å². The number of nitrogens with one attached hydrogen (secondary N) is 2. The fraction of sp³-hybridized carbons (Fsp3) is 0.353. The molecule has 1 aliphatic heterocycles. The van der Waals surface area contributed by atoms with Gasteiger partial charge in [-0.1, -0.05) is 11.6 Å². The Bertz CT molecular complexity index is 651. The topological polar surface area (TPSA) is 46.4 Å². The summed E-state index contributed by atoms with van der Waals surface area (Å²) >= 11 is 11.2. The van der Waals surface area contributed by atoms with E-state index >= 15 is 0 Å². The Balaban J connectivity index is 1.47. The minimum Gasteiger partial charge on any atom is -0.459 e. The minimum atomic E-state index is 0.273. The van der Waals surface area contributed by atoms with Gasteiger partial charge in [0.2, 0.25) is 0 Å². The molecule has 0 aliphatic carbocycles. The highest BCUT2D eigenvalue weighted by molar-refractivity contribution is 7.80. The molecule has 1 aromatic carbocycles. The zero-order valence-electron chi connectivity index (χ0n) is 12.7. The van der Waals surface area contributed by atoms with Crippen LogP contribution in [-0.2, 0) is 11.3 Å². The van der Waals surface area contributed by atoms with Gasteiger partial charge in [0.05, 0.1) is 12.6 Å². The maximum Gasteiger partial charge on any atom is 0.166 e. The van der Waals surface area contributed by atoms with Gasteiger partial charge in [-0.2, -0.15) is 0 Å². The van der Waals surface area contributed by atoms with Crippen molar-refractivity contribution in [3.05, 3.63) is 47.2 Å². The summed E-state index contributed by atoms with van der Waals surface area (Å²) in [6, 6.07) is 11.5. The van der Waals surface area contributed by atoms with Crippen molar-refractivity contribution in [2.24, 2.45) is 0 Å². The Morgan fingerprint density at radius 1 is 1.17 bits per heavy atom. The zero-order chi connectivity index (χ0) is 16.1. The second-order valence-corrected chi connectivity index (χ2v) is 6.32. The fourth-order valence-electron chi connectivity index (χ4n) is 2.48. The minimum absolute atomic E-state index is 0.273. The third kappa shape index (κ3) is 4.70. The van der Waals surface area contributed by atoms with Gasteiger partial charge in [0.15, 0.2) is 5.11 Å². The highest BCUT2D eigenvalue weighted by Crippen LogP contribution is 2.23.